The molecule has 0 saturated heterocycles. The summed E-state index contributed by atoms with van der Waals surface area (Å²) < 4.78 is 0. The Morgan fingerprint density at radius 2 is 2.33 bits per heavy atom. The molecule has 0 amide bonds. The highest BCUT2D eigenvalue weighted by molar-refractivity contribution is 7.09. The molecule has 1 saturated carbocycles. The molecule has 1 fully saturated rings. The third kappa shape index (κ3) is 3.26. The maximum absolute atomic E-state index is 6.07. The van der Waals surface area contributed by atoms with Crippen LogP contribution in [-0.4, -0.2) is 23.6 Å². The molecule has 2 rings (SSSR count). The van der Waals surface area contributed by atoms with Crippen LogP contribution in [-0.2, 0) is 6.42 Å². The molecule has 1 heterocycles. The molecule has 0 spiro atoms. The van der Waals surface area contributed by atoms with Gasteiger partial charge >= 0.3 is 0 Å². The van der Waals surface area contributed by atoms with E-state index in [1.807, 2.05) is 11.7 Å². The highest BCUT2D eigenvalue weighted by Crippen LogP contribution is 2.16. The lowest BCUT2D eigenvalue weighted by atomic mass is 9.91. The van der Waals surface area contributed by atoms with Gasteiger partial charge in [0, 0.05) is 29.7 Å². The van der Waals surface area contributed by atoms with E-state index in [1.54, 1.807) is 11.3 Å². The Balaban J connectivity index is 1.68. The average molecular weight is 225 g/mol. The van der Waals surface area contributed by atoms with Crippen LogP contribution in [0.25, 0.3) is 0 Å². The quantitative estimate of drug-likeness (QED) is 0.817. The van der Waals surface area contributed by atoms with Crippen LogP contribution in [0, 0.1) is 0 Å². The normalized spacial score (nSPS) is 26.7. The van der Waals surface area contributed by atoms with Crippen molar-refractivity contribution in [3.8, 4) is 0 Å². The van der Waals surface area contributed by atoms with Crippen LogP contribution >= 0.6 is 11.3 Å². The summed E-state index contributed by atoms with van der Waals surface area (Å²) in [6.45, 7) is 1.03. The molecule has 15 heavy (non-hydrogen) atoms. The third-order valence-electron chi connectivity index (χ3n) is 3.08. The number of thiazole rings is 1. The summed E-state index contributed by atoms with van der Waals surface area (Å²) in [6, 6.07) is 0.895. The van der Waals surface area contributed by atoms with Crippen molar-refractivity contribution in [1.29, 1.82) is 0 Å². The number of hydrogen-bond donors (Lipinski definition) is 2. The highest BCUT2D eigenvalue weighted by atomic mass is 32.1. The first-order chi connectivity index (χ1) is 7.36. The predicted octanol–water partition coefficient (Wildman–Crippen LogP) is 1.55. The predicted molar refractivity (Wildman–Crippen MR) is 64.1 cm³/mol. The third-order valence-corrected chi connectivity index (χ3v) is 3.92. The fourth-order valence-electron chi connectivity index (χ4n) is 2.16. The Labute approximate surface area is 95.1 Å². The second-order valence-corrected chi connectivity index (χ2v) is 5.20. The minimum atomic E-state index is 0.361. The van der Waals surface area contributed by atoms with E-state index in [0.717, 1.165) is 13.0 Å². The van der Waals surface area contributed by atoms with E-state index in [0.29, 0.717) is 12.1 Å². The van der Waals surface area contributed by atoms with Crippen LogP contribution in [0.1, 0.15) is 30.6 Å². The topological polar surface area (TPSA) is 50.9 Å². The molecule has 0 aromatic carbocycles. The zero-order valence-corrected chi connectivity index (χ0v) is 9.80. The largest absolute Gasteiger partial charge is 0.326 e. The summed E-state index contributed by atoms with van der Waals surface area (Å²) >= 11 is 1.73. The molecule has 84 valence electrons. The first kappa shape index (κ1) is 11.0. The Morgan fingerprint density at radius 3 is 3.07 bits per heavy atom. The Kier molecular flexibility index (Phi) is 4.11. The smallest absolute Gasteiger partial charge is 0.0794 e. The molecular weight excluding hydrogens is 206 g/mol. The van der Waals surface area contributed by atoms with Crippen LogP contribution in [0.5, 0.6) is 0 Å². The van der Waals surface area contributed by atoms with Gasteiger partial charge in [0.1, 0.15) is 0 Å². The van der Waals surface area contributed by atoms with Gasteiger partial charge < -0.3 is 11.1 Å². The number of rotatable bonds is 4. The highest BCUT2D eigenvalue weighted by Gasteiger charge is 2.20. The molecule has 3 nitrogen and oxygen atoms in total. The summed E-state index contributed by atoms with van der Waals surface area (Å²) in [4.78, 5) is 5.42. The molecule has 0 bridgehead atoms. The van der Waals surface area contributed by atoms with Crippen molar-refractivity contribution in [1.82, 2.24) is 10.3 Å². The molecule has 0 aliphatic heterocycles. The van der Waals surface area contributed by atoms with Gasteiger partial charge in [0.05, 0.1) is 5.51 Å². The lowest BCUT2D eigenvalue weighted by Gasteiger charge is -2.29. The lowest BCUT2D eigenvalue weighted by molar-refractivity contribution is 0.330. The van der Waals surface area contributed by atoms with Gasteiger partial charge in [0.15, 0.2) is 0 Å². The van der Waals surface area contributed by atoms with Crippen LogP contribution in [0.4, 0.5) is 0 Å². The van der Waals surface area contributed by atoms with E-state index >= 15 is 0 Å². The van der Waals surface area contributed by atoms with Gasteiger partial charge in [-0.1, -0.05) is 12.8 Å². The van der Waals surface area contributed by atoms with Gasteiger partial charge in [-0.05, 0) is 19.3 Å². The maximum atomic E-state index is 6.07. The molecule has 0 radical (unpaired) electrons. The molecule has 3 N–H and O–H groups in total. The van der Waals surface area contributed by atoms with E-state index in [1.165, 1.54) is 30.6 Å². The van der Waals surface area contributed by atoms with Crippen molar-refractivity contribution < 1.29 is 0 Å². The first-order valence-corrected chi connectivity index (χ1v) is 6.60. The maximum Gasteiger partial charge on any atom is 0.0794 e. The summed E-state index contributed by atoms with van der Waals surface area (Å²) in [5.74, 6) is 0. The molecule has 1 aliphatic carbocycles. The number of hydrogen-bond acceptors (Lipinski definition) is 4. The summed E-state index contributed by atoms with van der Waals surface area (Å²) in [5.41, 5.74) is 7.96. The second kappa shape index (κ2) is 5.58. The number of nitrogens with one attached hydrogen (secondary N) is 1. The molecule has 4 heteroatoms. The Hall–Kier alpha value is -0.450. The van der Waals surface area contributed by atoms with Crippen LogP contribution in [0.2, 0.25) is 0 Å². The fraction of sp³-hybridized carbons (Fsp3) is 0.727. The minimum Gasteiger partial charge on any atom is -0.326 e. The molecular formula is C11H19N3S. The summed E-state index contributed by atoms with van der Waals surface area (Å²) in [6.07, 6.45) is 8.07. The van der Waals surface area contributed by atoms with Gasteiger partial charge in [-0.3, -0.25) is 4.98 Å². The van der Waals surface area contributed by atoms with Crippen LogP contribution in [0.3, 0.4) is 0 Å². The SMILES string of the molecule is N[C@@H]1CCCC[C@H]1NCCc1cncs1. The molecule has 2 atom stereocenters. The standard InChI is InChI=1S/C11H19N3S/c12-10-3-1-2-4-11(10)14-6-5-9-7-13-8-15-9/h7-8,10-11,14H,1-6,12H2/t10-,11-/m1/s1. The van der Waals surface area contributed by atoms with Gasteiger partial charge in [-0.2, -0.15) is 0 Å². The van der Waals surface area contributed by atoms with E-state index in [4.69, 9.17) is 5.73 Å². The zero-order valence-electron chi connectivity index (χ0n) is 8.98. The number of nitrogens with zero attached hydrogens (tertiary/aromatic N) is 1. The lowest BCUT2D eigenvalue weighted by Crippen LogP contribution is -2.47. The Bertz CT molecular complexity index is 273. The summed E-state index contributed by atoms with van der Waals surface area (Å²) in [5, 5.41) is 3.56. The van der Waals surface area contributed by atoms with E-state index in [9.17, 15) is 0 Å². The van der Waals surface area contributed by atoms with E-state index in [2.05, 4.69) is 10.3 Å². The average Bonchev–Trinajstić information content (AvgIpc) is 2.74. The van der Waals surface area contributed by atoms with Crippen molar-refractivity contribution >= 4 is 11.3 Å². The van der Waals surface area contributed by atoms with Gasteiger partial charge in [-0.25, -0.2) is 0 Å². The monoisotopic (exact) mass is 225 g/mol. The van der Waals surface area contributed by atoms with Crippen molar-refractivity contribution in [3.63, 3.8) is 0 Å². The van der Waals surface area contributed by atoms with Crippen molar-refractivity contribution in [2.75, 3.05) is 6.54 Å². The van der Waals surface area contributed by atoms with Gasteiger partial charge in [0.25, 0.3) is 0 Å². The van der Waals surface area contributed by atoms with Crippen LogP contribution in [0.15, 0.2) is 11.7 Å². The molecule has 0 unspecified atom stereocenters. The second-order valence-electron chi connectivity index (χ2n) is 4.23. The first-order valence-electron chi connectivity index (χ1n) is 5.72. The fourth-order valence-corrected chi connectivity index (χ4v) is 2.76. The minimum absolute atomic E-state index is 0.361. The number of nitrogens with two attached hydrogens (primary N) is 1. The van der Waals surface area contributed by atoms with Gasteiger partial charge in [0.2, 0.25) is 0 Å². The Morgan fingerprint density at radius 1 is 1.47 bits per heavy atom. The van der Waals surface area contributed by atoms with Crippen LogP contribution < -0.4 is 11.1 Å². The van der Waals surface area contributed by atoms with E-state index in [-0.39, 0.29) is 0 Å². The van der Waals surface area contributed by atoms with Gasteiger partial charge in [-0.15, -0.1) is 11.3 Å². The molecule has 1 aromatic rings. The summed E-state index contributed by atoms with van der Waals surface area (Å²) in [7, 11) is 0. The molecule has 1 aromatic heterocycles. The van der Waals surface area contributed by atoms with E-state index < -0.39 is 0 Å². The van der Waals surface area contributed by atoms with Crippen molar-refractivity contribution in [2.45, 2.75) is 44.2 Å². The van der Waals surface area contributed by atoms with Crippen molar-refractivity contribution in [3.05, 3.63) is 16.6 Å². The van der Waals surface area contributed by atoms with Crippen molar-refractivity contribution in [2.24, 2.45) is 5.73 Å². The number of aromatic nitrogens is 1. The molecule has 1 aliphatic rings. The zero-order chi connectivity index (χ0) is 10.5.